The molecule has 0 aromatic rings. The highest BCUT2D eigenvalue weighted by Crippen LogP contribution is 2.49. The molecule has 3 nitrogen and oxygen atoms in total. The van der Waals surface area contributed by atoms with Gasteiger partial charge in [0.15, 0.2) is 0 Å². The van der Waals surface area contributed by atoms with Gasteiger partial charge in [-0.1, -0.05) is 0 Å². The molecule has 0 heterocycles. The van der Waals surface area contributed by atoms with Crippen molar-refractivity contribution >= 4 is 0 Å². The monoisotopic (exact) mass is 243 g/mol. The van der Waals surface area contributed by atoms with E-state index < -0.39 is 0 Å². The van der Waals surface area contributed by atoms with Crippen molar-refractivity contribution in [3.05, 3.63) is 0 Å². The van der Waals surface area contributed by atoms with Crippen molar-refractivity contribution in [3.63, 3.8) is 0 Å². The Morgan fingerprint density at radius 1 is 1.12 bits per heavy atom. The van der Waals surface area contributed by atoms with Gasteiger partial charge in [-0.3, -0.25) is 0 Å². The molecule has 0 spiro atoms. The average molecular weight is 243 g/mol. The molecule has 0 aliphatic heterocycles. The SMILES string of the molecule is COCCOCCCC1(CNC(C)(C)C)CC1. The first-order chi connectivity index (χ1) is 7.97. The highest BCUT2D eigenvalue weighted by atomic mass is 16.5. The van der Waals surface area contributed by atoms with Gasteiger partial charge in [-0.2, -0.15) is 0 Å². The molecule has 102 valence electrons. The zero-order valence-corrected chi connectivity index (χ0v) is 12.0. The maximum absolute atomic E-state index is 5.50. The molecule has 0 radical (unpaired) electrons. The second-order valence-corrected chi connectivity index (χ2v) is 6.31. The summed E-state index contributed by atoms with van der Waals surface area (Å²) in [7, 11) is 1.71. The predicted octanol–water partition coefficient (Wildman–Crippen LogP) is 2.60. The number of rotatable bonds is 9. The summed E-state index contributed by atoms with van der Waals surface area (Å²) in [6.07, 6.45) is 5.24. The number of methoxy groups -OCH3 is 1. The van der Waals surface area contributed by atoms with Crippen molar-refractivity contribution in [2.24, 2.45) is 5.41 Å². The van der Waals surface area contributed by atoms with Crippen LogP contribution in [0.15, 0.2) is 0 Å². The molecule has 0 bridgehead atoms. The molecular formula is C14H29NO2. The van der Waals surface area contributed by atoms with Gasteiger partial charge in [-0.05, 0) is 51.9 Å². The Morgan fingerprint density at radius 2 is 1.82 bits per heavy atom. The number of ether oxygens (including phenoxy) is 2. The van der Waals surface area contributed by atoms with Crippen LogP contribution >= 0.6 is 0 Å². The van der Waals surface area contributed by atoms with Crippen LogP contribution in [0.5, 0.6) is 0 Å². The molecule has 0 aromatic carbocycles. The van der Waals surface area contributed by atoms with Gasteiger partial charge in [-0.15, -0.1) is 0 Å². The molecular weight excluding hydrogens is 214 g/mol. The maximum Gasteiger partial charge on any atom is 0.0700 e. The van der Waals surface area contributed by atoms with Crippen LogP contribution in [0.1, 0.15) is 46.5 Å². The predicted molar refractivity (Wildman–Crippen MR) is 71.4 cm³/mol. The summed E-state index contributed by atoms with van der Waals surface area (Å²) in [4.78, 5) is 0. The zero-order valence-electron chi connectivity index (χ0n) is 12.0. The Morgan fingerprint density at radius 3 is 2.35 bits per heavy atom. The summed E-state index contributed by atoms with van der Waals surface area (Å²) in [5.41, 5.74) is 0.822. The highest BCUT2D eigenvalue weighted by Gasteiger charge is 2.41. The van der Waals surface area contributed by atoms with E-state index in [1.807, 2.05) is 0 Å². The van der Waals surface area contributed by atoms with Gasteiger partial charge < -0.3 is 14.8 Å². The van der Waals surface area contributed by atoms with Gasteiger partial charge in [0.05, 0.1) is 13.2 Å². The van der Waals surface area contributed by atoms with E-state index in [9.17, 15) is 0 Å². The molecule has 0 saturated heterocycles. The summed E-state index contributed by atoms with van der Waals surface area (Å²) >= 11 is 0. The first kappa shape index (κ1) is 14.9. The molecule has 0 unspecified atom stereocenters. The second-order valence-electron chi connectivity index (χ2n) is 6.31. The maximum atomic E-state index is 5.50. The molecule has 1 aliphatic carbocycles. The van der Waals surface area contributed by atoms with Crippen molar-refractivity contribution in [2.45, 2.75) is 52.0 Å². The molecule has 1 aliphatic rings. The van der Waals surface area contributed by atoms with E-state index in [1.54, 1.807) is 7.11 Å². The van der Waals surface area contributed by atoms with Crippen LogP contribution in [-0.4, -0.2) is 39.0 Å². The van der Waals surface area contributed by atoms with Crippen molar-refractivity contribution in [1.82, 2.24) is 5.32 Å². The fourth-order valence-corrected chi connectivity index (χ4v) is 1.94. The molecule has 0 amide bonds. The van der Waals surface area contributed by atoms with Gasteiger partial charge in [0.2, 0.25) is 0 Å². The van der Waals surface area contributed by atoms with Gasteiger partial charge in [-0.25, -0.2) is 0 Å². The van der Waals surface area contributed by atoms with Crippen LogP contribution in [0, 0.1) is 5.41 Å². The Balaban J connectivity index is 2.02. The number of nitrogens with one attached hydrogen (secondary N) is 1. The minimum absolute atomic E-state index is 0.241. The van der Waals surface area contributed by atoms with Crippen LogP contribution in [0.25, 0.3) is 0 Å². The Hall–Kier alpha value is -0.120. The molecule has 3 heteroatoms. The lowest BCUT2D eigenvalue weighted by atomic mass is 9.98. The van der Waals surface area contributed by atoms with E-state index in [1.165, 1.54) is 25.7 Å². The van der Waals surface area contributed by atoms with Crippen LogP contribution in [-0.2, 0) is 9.47 Å². The topological polar surface area (TPSA) is 30.5 Å². The molecule has 0 atom stereocenters. The average Bonchev–Trinajstić information content (AvgIpc) is 3.01. The van der Waals surface area contributed by atoms with Crippen molar-refractivity contribution < 1.29 is 9.47 Å². The largest absolute Gasteiger partial charge is 0.382 e. The van der Waals surface area contributed by atoms with Gasteiger partial charge in [0.1, 0.15) is 0 Å². The van der Waals surface area contributed by atoms with Crippen molar-refractivity contribution in [2.75, 3.05) is 33.5 Å². The fourth-order valence-electron chi connectivity index (χ4n) is 1.94. The molecule has 1 rings (SSSR count). The Kier molecular flexibility index (Phi) is 5.90. The minimum atomic E-state index is 0.241. The van der Waals surface area contributed by atoms with Gasteiger partial charge >= 0.3 is 0 Å². The van der Waals surface area contributed by atoms with Crippen molar-refractivity contribution in [3.8, 4) is 0 Å². The third-order valence-corrected chi connectivity index (χ3v) is 3.38. The zero-order chi connectivity index (χ0) is 12.8. The second kappa shape index (κ2) is 6.72. The summed E-state index contributed by atoms with van der Waals surface area (Å²) < 4.78 is 10.4. The summed E-state index contributed by atoms with van der Waals surface area (Å²) in [6, 6.07) is 0. The first-order valence-electron chi connectivity index (χ1n) is 6.79. The van der Waals surface area contributed by atoms with Crippen LogP contribution < -0.4 is 5.32 Å². The van der Waals surface area contributed by atoms with E-state index >= 15 is 0 Å². The highest BCUT2D eigenvalue weighted by molar-refractivity contribution is 4.95. The summed E-state index contributed by atoms with van der Waals surface area (Å²) in [5, 5.41) is 3.63. The van der Waals surface area contributed by atoms with E-state index in [2.05, 4.69) is 26.1 Å². The molecule has 1 N–H and O–H groups in total. The first-order valence-corrected chi connectivity index (χ1v) is 6.79. The number of hydrogen-bond acceptors (Lipinski definition) is 3. The van der Waals surface area contributed by atoms with E-state index in [4.69, 9.17) is 9.47 Å². The van der Waals surface area contributed by atoms with E-state index in [0.717, 1.165) is 19.8 Å². The normalized spacial score (nSPS) is 18.4. The molecule has 1 fully saturated rings. The molecule has 0 aromatic heterocycles. The smallest absolute Gasteiger partial charge is 0.0700 e. The van der Waals surface area contributed by atoms with Crippen LogP contribution in [0.3, 0.4) is 0 Å². The Labute approximate surface area is 106 Å². The molecule has 17 heavy (non-hydrogen) atoms. The van der Waals surface area contributed by atoms with E-state index in [-0.39, 0.29) is 5.54 Å². The number of hydrogen-bond donors (Lipinski definition) is 1. The minimum Gasteiger partial charge on any atom is -0.382 e. The third-order valence-electron chi connectivity index (χ3n) is 3.38. The lowest BCUT2D eigenvalue weighted by Gasteiger charge is -2.25. The van der Waals surface area contributed by atoms with E-state index in [0.29, 0.717) is 12.0 Å². The van der Waals surface area contributed by atoms with Gasteiger partial charge in [0.25, 0.3) is 0 Å². The lowest BCUT2D eigenvalue weighted by molar-refractivity contribution is 0.0665. The van der Waals surface area contributed by atoms with Crippen molar-refractivity contribution in [1.29, 1.82) is 0 Å². The Bertz CT molecular complexity index is 207. The summed E-state index contributed by atoms with van der Waals surface area (Å²) in [6.45, 7) is 10.2. The lowest BCUT2D eigenvalue weighted by Crippen LogP contribution is -2.39. The summed E-state index contributed by atoms with van der Waals surface area (Å²) in [5.74, 6) is 0. The van der Waals surface area contributed by atoms with Crippen LogP contribution in [0.2, 0.25) is 0 Å². The third kappa shape index (κ3) is 7.02. The van der Waals surface area contributed by atoms with Gasteiger partial charge in [0, 0.05) is 25.8 Å². The fraction of sp³-hybridized carbons (Fsp3) is 1.00. The molecule has 1 saturated carbocycles. The standard InChI is InChI=1S/C14H29NO2/c1-13(2,3)15-12-14(7-8-14)6-5-9-17-11-10-16-4/h15H,5-12H2,1-4H3. The van der Waals surface area contributed by atoms with Crippen LogP contribution in [0.4, 0.5) is 0 Å². The quantitative estimate of drug-likeness (QED) is 0.631.